The van der Waals surface area contributed by atoms with Gasteiger partial charge >= 0.3 is 0 Å². The molecule has 134 valence electrons. The molecule has 0 aliphatic carbocycles. The van der Waals surface area contributed by atoms with Crippen molar-refractivity contribution in [3.8, 4) is 5.88 Å². The number of amides is 1. The Balaban J connectivity index is 1.98. The molecule has 0 saturated carbocycles. The summed E-state index contributed by atoms with van der Waals surface area (Å²) in [6, 6.07) is 13.8. The maximum atomic E-state index is 12.8. The first-order chi connectivity index (χ1) is 12.4. The number of carbonyl (C=O) groups excluding carboxylic acids is 1. The van der Waals surface area contributed by atoms with Crippen molar-refractivity contribution in [2.75, 3.05) is 11.8 Å². The number of hydroxylamine groups is 1. The smallest absolute Gasteiger partial charge is 0.274 e. The lowest BCUT2D eigenvalue weighted by molar-refractivity contribution is 0.0706. The van der Waals surface area contributed by atoms with Crippen LogP contribution in [0.4, 0.5) is 5.69 Å². The van der Waals surface area contributed by atoms with Gasteiger partial charge in [0.2, 0.25) is 5.88 Å². The van der Waals surface area contributed by atoms with E-state index in [1.807, 2.05) is 0 Å². The normalized spacial score (nSPS) is 11.2. The van der Waals surface area contributed by atoms with E-state index in [4.69, 9.17) is 9.94 Å². The molecule has 0 unspecified atom stereocenters. The van der Waals surface area contributed by atoms with Gasteiger partial charge in [0.1, 0.15) is 4.90 Å². The van der Waals surface area contributed by atoms with Crippen LogP contribution in [0.5, 0.6) is 5.88 Å². The second kappa shape index (κ2) is 6.98. The van der Waals surface area contributed by atoms with Gasteiger partial charge in [-0.25, -0.2) is 18.9 Å². The van der Waals surface area contributed by atoms with Crippen molar-refractivity contribution in [1.29, 1.82) is 0 Å². The molecule has 3 rings (SSSR count). The number of fused-ring (bicyclic) bond motifs is 1. The van der Waals surface area contributed by atoms with Crippen LogP contribution in [-0.2, 0) is 10.0 Å². The summed E-state index contributed by atoms with van der Waals surface area (Å²) in [5.74, 6) is -0.385. The second-order valence-electron chi connectivity index (χ2n) is 5.31. The number of anilines is 1. The summed E-state index contributed by atoms with van der Waals surface area (Å²) in [5.41, 5.74) is 2.25. The summed E-state index contributed by atoms with van der Waals surface area (Å²) in [5, 5.41) is 9.26. The third-order valence-corrected chi connectivity index (χ3v) is 5.07. The molecule has 0 spiro atoms. The fourth-order valence-corrected chi connectivity index (χ4v) is 3.63. The van der Waals surface area contributed by atoms with Gasteiger partial charge in [-0.2, -0.15) is 0 Å². The fraction of sp³-hybridized carbons (Fsp3) is 0.0588. The molecule has 0 atom stereocenters. The minimum atomic E-state index is -3.92. The Morgan fingerprint density at radius 1 is 1.08 bits per heavy atom. The molecule has 1 amide bonds. The molecule has 8 nitrogen and oxygen atoms in total. The predicted molar refractivity (Wildman–Crippen MR) is 94.8 cm³/mol. The number of aromatic nitrogens is 1. The number of hydrogen-bond donors (Lipinski definition) is 3. The number of para-hydroxylation sites is 1. The topological polar surface area (TPSA) is 118 Å². The lowest BCUT2D eigenvalue weighted by Crippen LogP contribution is -2.18. The highest BCUT2D eigenvalue weighted by Crippen LogP contribution is 2.25. The van der Waals surface area contributed by atoms with Gasteiger partial charge in [-0.3, -0.25) is 14.7 Å². The number of pyridine rings is 1. The Kier molecular flexibility index (Phi) is 4.74. The number of methoxy groups -OCH3 is 1. The molecule has 3 N–H and O–H groups in total. The van der Waals surface area contributed by atoms with E-state index in [1.165, 1.54) is 42.9 Å². The number of rotatable bonds is 5. The van der Waals surface area contributed by atoms with E-state index in [1.54, 1.807) is 24.3 Å². The zero-order chi connectivity index (χ0) is 18.7. The highest BCUT2D eigenvalue weighted by Gasteiger charge is 2.19. The SMILES string of the molecule is COc1ccc2cccc(S(=O)(=O)Nc3ccc(C(=O)NO)cc3)c2n1. The molecule has 0 aliphatic heterocycles. The maximum Gasteiger partial charge on any atom is 0.274 e. The van der Waals surface area contributed by atoms with E-state index < -0.39 is 15.9 Å². The summed E-state index contributed by atoms with van der Waals surface area (Å²) in [6.45, 7) is 0. The summed E-state index contributed by atoms with van der Waals surface area (Å²) < 4.78 is 33.1. The number of nitrogens with zero attached hydrogens (tertiary/aromatic N) is 1. The monoisotopic (exact) mass is 373 g/mol. The second-order valence-corrected chi connectivity index (χ2v) is 6.96. The van der Waals surface area contributed by atoms with Crippen LogP contribution in [0.1, 0.15) is 10.4 Å². The van der Waals surface area contributed by atoms with Crippen molar-refractivity contribution >= 4 is 32.5 Å². The number of ether oxygens (including phenoxy) is 1. The number of hydrogen-bond acceptors (Lipinski definition) is 6. The van der Waals surface area contributed by atoms with Gasteiger partial charge in [0.25, 0.3) is 15.9 Å². The van der Waals surface area contributed by atoms with Crippen molar-refractivity contribution in [3.05, 3.63) is 60.2 Å². The molecule has 9 heteroatoms. The van der Waals surface area contributed by atoms with Crippen molar-refractivity contribution in [1.82, 2.24) is 10.5 Å². The Morgan fingerprint density at radius 2 is 1.81 bits per heavy atom. The van der Waals surface area contributed by atoms with E-state index >= 15 is 0 Å². The Morgan fingerprint density at radius 3 is 2.46 bits per heavy atom. The number of nitrogens with one attached hydrogen (secondary N) is 2. The van der Waals surface area contributed by atoms with Crippen LogP contribution in [0.3, 0.4) is 0 Å². The summed E-state index contributed by atoms with van der Waals surface area (Å²) in [7, 11) is -2.47. The molecular formula is C17H15N3O5S. The fourth-order valence-electron chi connectivity index (χ4n) is 2.40. The first kappa shape index (κ1) is 17.6. The summed E-state index contributed by atoms with van der Waals surface area (Å²) >= 11 is 0. The molecule has 0 fully saturated rings. The van der Waals surface area contributed by atoms with E-state index in [0.717, 1.165) is 0 Å². The maximum absolute atomic E-state index is 12.8. The van der Waals surface area contributed by atoms with Gasteiger partial charge in [-0.1, -0.05) is 12.1 Å². The average Bonchev–Trinajstić information content (AvgIpc) is 2.66. The van der Waals surface area contributed by atoms with Gasteiger partial charge in [-0.15, -0.1) is 0 Å². The van der Waals surface area contributed by atoms with Crippen LogP contribution in [0.25, 0.3) is 10.9 Å². The lowest BCUT2D eigenvalue weighted by Gasteiger charge is -2.11. The lowest BCUT2D eigenvalue weighted by atomic mass is 10.2. The first-order valence-corrected chi connectivity index (χ1v) is 8.94. The molecule has 2 aromatic carbocycles. The highest BCUT2D eigenvalue weighted by molar-refractivity contribution is 7.93. The molecule has 26 heavy (non-hydrogen) atoms. The van der Waals surface area contributed by atoms with E-state index in [0.29, 0.717) is 11.3 Å². The molecule has 1 aromatic heterocycles. The third-order valence-electron chi connectivity index (χ3n) is 3.66. The van der Waals surface area contributed by atoms with Crippen molar-refractivity contribution in [2.45, 2.75) is 4.90 Å². The van der Waals surface area contributed by atoms with Crippen LogP contribution in [0, 0.1) is 0 Å². The Hall–Kier alpha value is -3.17. The molecular weight excluding hydrogens is 358 g/mol. The Bertz CT molecular complexity index is 1070. The first-order valence-electron chi connectivity index (χ1n) is 7.45. The minimum Gasteiger partial charge on any atom is -0.481 e. The molecule has 0 saturated heterocycles. The Labute approximate surface area is 149 Å². The molecule has 0 radical (unpaired) electrons. The summed E-state index contributed by atoms with van der Waals surface area (Å²) in [4.78, 5) is 15.6. The van der Waals surface area contributed by atoms with Crippen molar-refractivity contribution in [2.24, 2.45) is 0 Å². The molecule has 3 aromatic rings. The molecule has 1 heterocycles. The van der Waals surface area contributed by atoms with E-state index in [9.17, 15) is 13.2 Å². The van der Waals surface area contributed by atoms with Gasteiger partial charge < -0.3 is 4.74 Å². The molecule has 0 aliphatic rings. The number of carbonyl (C=O) groups is 1. The molecule has 0 bridgehead atoms. The quantitative estimate of drug-likeness (QED) is 0.466. The van der Waals surface area contributed by atoms with Gasteiger partial charge in [0.05, 0.1) is 12.6 Å². The van der Waals surface area contributed by atoms with Crippen LogP contribution >= 0.6 is 0 Å². The standard InChI is InChI=1S/C17H15N3O5S/c1-25-15-10-7-11-3-2-4-14(16(11)18-15)26(23,24)20-13-8-5-12(6-9-13)17(21)19-22/h2-10,20,22H,1H3,(H,19,21). The number of benzene rings is 2. The van der Waals surface area contributed by atoms with Gasteiger partial charge in [0.15, 0.2) is 0 Å². The van der Waals surface area contributed by atoms with Gasteiger partial charge in [0, 0.05) is 22.7 Å². The van der Waals surface area contributed by atoms with Crippen LogP contribution < -0.4 is 14.9 Å². The van der Waals surface area contributed by atoms with E-state index in [-0.39, 0.29) is 21.7 Å². The van der Waals surface area contributed by atoms with Crippen LogP contribution in [-0.4, -0.2) is 31.6 Å². The zero-order valence-electron chi connectivity index (χ0n) is 13.6. The number of sulfonamides is 1. The summed E-state index contributed by atoms with van der Waals surface area (Å²) in [6.07, 6.45) is 0. The van der Waals surface area contributed by atoms with Gasteiger partial charge in [-0.05, 0) is 36.4 Å². The average molecular weight is 373 g/mol. The largest absolute Gasteiger partial charge is 0.481 e. The van der Waals surface area contributed by atoms with Crippen molar-refractivity contribution < 1.29 is 23.2 Å². The van der Waals surface area contributed by atoms with Crippen molar-refractivity contribution in [3.63, 3.8) is 0 Å². The highest BCUT2D eigenvalue weighted by atomic mass is 32.2. The minimum absolute atomic E-state index is 0.00563. The predicted octanol–water partition coefficient (Wildman–Crippen LogP) is 2.16. The van der Waals surface area contributed by atoms with E-state index in [2.05, 4.69) is 9.71 Å². The third kappa shape index (κ3) is 3.44. The van der Waals surface area contributed by atoms with Crippen LogP contribution in [0.2, 0.25) is 0 Å². The van der Waals surface area contributed by atoms with Crippen LogP contribution in [0.15, 0.2) is 59.5 Å². The zero-order valence-corrected chi connectivity index (χ0v) is 14.4.